The van der Waals surface area contributed by atoms with Crippen molar-refractivity contribution in [2.45, 2.75) is 30.2 Å². The fourth-order valence-corrected chi connectivity index (χ4v) is 4.35. The summed E-state index contributed by atoms with van der Waals surface area (Å²) in [5.41, 5.74) is 1.06. The summed E-state index contributed by atoms with van der Waals surface area (Å²) in [5.74, 6) is 0.666. The summed E-state index contributed by atoms with van der Waals surface area (Å²) in [7, 11) is 1.59. The van der Waals surface area contributed by atoms with Crippen molar-refractivity contribution in [1.29, 1.82) is 0 Å². The smallest absolute Gasteiger partial charge is 0.326 e. The van der Waals surface area contributed by atoms with Gasteiger partial charge in [0.25, 0.3) is 0 Å². The highest BCUT2D eigenvalue weighted by atomic mass is 35.5. The lowest BCUT2D eigenvalue weighted by atomic mass is 10.0. The average Bonchev–Trinajstić information content (AvgIpc) is 2.81. The number of benzene rings is 1. The van der Waals surface area contributed by atoms with Crippen molar-refractivity contribution in [1.82, 2.24) is 15.1 Å². The van der Waals surface area contributed by atoms with Crippen molar-refractivity contribution in [3.63, 3.8) is 0 Å². The number of rotatable bonds is 5. The van der Waals surface area contributed by atoms with E-state index in [0.29, 0.717) is 11.4 Å². The minimum atomic E-state index is -0.293. The first-order valence-electron chi connectivity index (χ1n) is 8.23. The Morgan fingerprint density at radius 2 is 2.20 bits per heavy atom. The number of likely N-dealkylation sites (N-methyl/N-ethyl adjacent to an activating group) is 1. The summed E-state index contributed by atoms with van der Waals surface area (Å²) in [6, 6.07) is 5.42. The molecule has 25 heavy (non-hydrogen) atoms. The van der Waals surface area contributed by atoms with Gasteiger partial charge in [-0.05, 0) is 36.6 Å². The normalized spacial score (nSPS) is 20.0. The van der Waals surface area contributed by atoms with Crippen LogP contribution in [0.1, 0.15) is 30.9 Å². The molecule has 1 aromatic rings. The quantitative estimate of drug-likeness (QED) is 0.796. The minimum Gasteiger partial charge on any atom is -0.349 e. The molecule has 0 unspecified atom stereocenters. The van der Waals surface area contributed by atoms with Gasteiger partial charge in [0.1, 0.15) is 6.54 Å². The number of halogens is 1. The lowest BCUT2D eigenvalue weighted by Gasteiger charge is -2.26. The number of nitrogens with zero attached hydrogens (tertiary/aromatic N) is 2. The zero-order valence-corrected chi connectivity index (χ0v) is 15.5. The highest BCUT2D eigenvalue weighted by Crippen LogP contribution is 2.37. The molecule has 1 aromatic carbocycles. The fraction of sp³-hybridized carbons (Fsp3) is 0.471. The van der Waals surface area contributed by atoms with Crippen LogP contribution in [-0.2, 0) is 9.59 Å². The molecule has 1 atom stereocenters. The van der Waals surface area contributed by atoms with Gasteiger partial charge < -0.3 is 10.2 Å². The van der Waals surface area contributed by atoms with Crippen LogP contribution < -0.4 is 5.32 Å². The second-order valence-electron chi connectivity index (χ2n) is 6.23. The van der Waals surface area contributed by atoms with Crippen LogP contribution in [0.5, 0.6) is 0 Å². The zero-order valence-electron chi connectivity index (χ0n) is 14.0. The third kappa shape index (κ3) is 4.10. The average molecular weight is 382 g/mol. The highest BCUT2D eigenvalue weighted by Gasteiger charge is 2.33. The van der Waals surface area contributed by atoms with Gasteiger partial charge in [0.2, 0.25) is 11.8 Å². The van der Waals surface area contributed by atoms with Gasteiger partial charge >= 0.3 is 6.03 Å². The molecule has 1 N–H and O–H groups in total. The van der Waals surface area contributed by atoms with Crippen molar-refractivity contribution in [3.05, 3.63) is 28.8 Å². The van der Waals surface area contributed by atoms with Gasteiger partial charge in [-0.1, -0.05) is 11.6 Å². The van der Waals surface area contributed by atoms with E-state index in [1.165, 1.54) is 9.80 Å². The molecule has 134 valence electrons. The van der Waals surface area contributed by atoms with Crippen molar-refractivity contribution < 1.29 is 14.4 Å². The molecule has 2 heterocycles. The maximum absolute atomic E-state index is 12.3. The van der Waals surface area contributed by atoms with Gasteiger partial charge in [-0.25, -0.2) is 4.79 Å². The van der Waals surface area contributed by atoms with Gasteiger partial charge in [-0.2, -0.15) is 0 Å². The molecule has 3 rings (SSSR count). The molecule has 0 saturated carbocycles. The van der Waals surface area contributed by atoms with E-state index in [-0.39, 0.29) is 43.4 Å². The second-order valence-corrected chi connectivity index (χ2v) is 7.80. The van der Waals surface area contributed by atoms with E-state index in [1.807, 2.05) is 18.2 Å². The number of imide groups is 1. The molecular formula is C17H20ClN3O3S. The number of carbonyl (C=O) groups is 3. The van der Waals surface area contributed by atoms with Gasteiger partial charge in [0, 0.05) is 35.7 Å². The highest BCUT2D eigenvalue weighted by molar-refractivity contribution is 7.99. The molecular weight excluding hydrogens is 362 g/mol. The van der Waals surface area contributed by atoms with Gasteiger partial charge in [0.15, 0.2) is 0 Å². The van der Waals surface area contributed by atoms with E-state index in [1.54, 1.807) is 18.8 Å². The predicted molar refractivity (Wildman–Crippen MR) is 96.6 cm³/mol. The summed E-state index contributed by atoms with van der Waals surface area (Å²) in [6.07, 6.45) is 1.60. The first-order chi connectivity index (χ1) is 12.0. The Bertz CT molecular complexity index is 712. The van der Waals surface area contributed by atoms with E-state index >= 15 is 0 Å². The second kappa shape index (κ2) is 7.66. The van der Waals surface area contributed by atoms with Crippen LogP contribution in [0.3, 0.4) is 0 Å². The molecule has 0 radical (unpaired) electrons. The summed E-state index contributed by atoms with van der Waals surface area (Å²) in [6.45, 7) is 0.390. The van der Waals surface area contributed by atoms with Crippen LogP contribution in [-0.4, -0.2) is 53.5 Å². The number of hydrogen-bond donors (Lipinski definition) is 1. The van der Waals surface area contributed by atoms with Gasteiger partial charge in [-0.15, -0.1) is 11.8 Å². The van der Waals surface area contributed by atoms with Crippen LogP contribution in [0, 0.1) is 0 Å². The van der Waals surface area contributed by atoms with E-state index < -0.39 is 0 Å². The Labute approximate surface area is 155 Å². The topological polar surface area (TPSA) is 69.7 Å². The summed E-state index contributed by atoms with van der Waals surface area (Å²) in [4.78, 5) is 39.5. The maximum Gasteiger partial charge on any atom is 0.326 e. The molecule has 8 heteroatoms. The van der Waals surface area contributed by atoms with Crippen LogP contribution in [0.15, 0.2) is 23.1 Å². The Kier molecular flexibility index (Phi) is 5.54. The third-order valence-corrected chi connectivity index (χ3v) is 5.72. The molecule has 0 bridgehead atoms. The molecule has 0 aromatic heterocycles. The SMILES string of the molecule is CN1CC(=O)N(CCCC(=O)N[C@@H]2CCSc3ccc(Cl)cc32)C1=O. The van der Waals surface area contributed by atoms with Crippen LogP contribution in [0.2, 0.25) is 5.02 Å². The molecule has 4 amide bonds. The zero-order chi connectivity index (χ0) is 18.0. The molecule has 1 saturated heterocycles. The maximum atomic E-state index is 12.3. The molecule has 1 fully saturated rings. The van der Waals surface area contributed by atoms with Gasteiger partial charge in [-0.3, -0.25) is 14.5 Å². The number of amides is 4. The minimum absolute atomic E-state index is 0.0383. The Hall–Kier alpha value is -1.73. The Balaban J connectivity index is 1.52. The number of thioether (sulfide) groups is 1. The molecule has 0 aliphatic carbocycles. The van der Waals surface area contributed by atoms with Crippen molar-refractivity contribution in [2.75, 3.05) is 25.9 Å². The lowest BCUT2D eigenvalue weighted by Crippen LogP contribution is -2.34. The van der Waals surface area contributed by atoms with Crippen LogP contribution in [0.4, 0.5) is 4.79 Å². The number of urea groups is 1. The number of fused-ring (bicyclic) bond motifs is 1. The summed E-state index contributed by atoms with van der Waals surface area (Å²) in [5, 5.41) is 3.71. The molecule has 2 aliphatic heterocycles. The lowest BCUT2D eigenvalue weighted by molar-refractivity contribution is -0.126. The Morgan fingerprint density at radius 1 is 1.40 bits per heavy atom. The van der Waals surface area contributed by atoms with Gasteiger partial charge in [0.05, 0.1) is 6.04 Å². The summed E-state index contributed by atoms with van der Waals surface area (Å²) >= 11 is 7.85. The molecule has 2 aliphatic rings. The summed E-state index contributed by atoms with van der Waals surface area (Å²) < 4.78 is 0. The standard InChI is InChI=1S/C17H20ClN3O3S/c1-20-10-16(23)21(17(20)24)7-2-3-15(22)19-13-6-8-25-14-5-4-11(18)9-12(13)14/h4-5,9,13H,2-3,6-8,10H2,1H3,(H,19,22)/t13-/m1/s1. The monoisotopic (exact) mass is 381 g/mol. The first-order valence-corrected chi connectivity index (χ1v) is 9.59. The van der Waals surface area contributed by atoms with Crippen molar-refractivity contribution >= 4 is 41.2 Å². The van der Waals surface area contributed by atoms with Crippen LogP contribution >= 0.6 is 23.4 Å². The number of hydrogen-bond acceptors (Lipinski definition) is 4. The van der Waals surface area contributed by atoms with E-state index in [4.69, 9.17) is 11.6 Å². The fourth-order valence-electron chi connectivity index (χ4n) is 3.07. The molecule has 6 nitrogen and oxygen atoms in total. The largest absolute Gasteiger partial charge is 0.349 e. The van der Waals surface area contributed by atoms with Crippen LogP contribution in [0.25, 0.3) is 0 Å². The number of nitrogens with one attached hydrogen (secondary N) is 1. The van der Waals surface area contributed by atoms with E-state index in [2.05, 4.69) is 5.32 Å². The van der Waals surface area contributed by atoms with Crippen molar-refractivity contribution in [2.24, 2.45) is 0 Å². The number of carbonyl (C=O) groups excluding carboxylic acids is 3. The third-order valence-electron chi connectivity index (χ3n) is 4.36. The first kappa shape index (κ1) is 18.1. The Morgan fingerprint density at radius 3 is 2.92 bits per heavy atom. The van der Waals surface area contributed by atoms with E-state index in [9.17, 15) is 14.4 Å². The van der Waals surface area contributed by atoms with Crippen molar-refractivity contribution in [3.8, 4) is 0 Å². The van der Waals surface area contributed by atoms with E-state index in [0.717, 1.165) is 22.6 Å². The molecule has 0 spiro atoms. The predicted octanol–water partition coefficient (Wildman–Crippen LogP) is 2.67.